The van der Waals surface area contributed by atoms with Crippen LogP contribution in [0.5, 0.6) is 0 Å². The van der Waals surface area contributed by atoms with Crippen LogP contribution in [0, 0.1) is 0 Å². The van der Waals surface area contributed by atoms with Crippen LogP contribution in [0.15, 0.2) is 30.5 Å². The second-order valence-electron chi connectivity index (χ2n) is 3.86. The molecule has 0 unspecified atom stereocenters. The molecule has 0 bridgehead atoms. The van der Waals surface area contributed by atoms with Gasteiger partial charge in [-0.15, -0.1) is 5.10 Å². The van der Waals surface area contributed by atoms with Crippen LogP contribution < -0.4 is 5.32 Å². The first-order valence-electron chi connectivity index (χ1n) is 5.34. The van der Waals surface area contributed by atoms with Crippen LogP contribution >= 0.6 is 0 Å². The fourth-order valence-corrected chi connectivity index (χ4v) is 1.91. The number of aromatic amines is 1. The maximum Gasteiger partial charge on any atom is 0.270 e. The minimum absolute atomic E-state index is 0.160. The van der Waals surface area contributed by atoms with Gasteiger partial charge in [-0.2, -0.15) is 5.21 Å². The first-order valence-corrected chi connectivity index (χ1v) is 5.34. The molecule has 3 rings (SSSR count). The highest BCUT2D eigenvalue weighted by Crippen LogP contribution is 2.20. The normalized spacial score (nSPS) is 10.7. The van der Waals surface area contributed by atoms with Gasteiger partial charge >= 0.3 is 0 Å². The van der Waals surface area contributed by atoms with Gasteiger partial charge in [0.05, 0.1) is 5.56 Å². The summed E-state index contributed by atoms with van der Waals surface area (Å²) in [5.41, 5.74) is 1.58. The maximum absolute atomic E-state index is 12.1. The van der Waals surface area contributed by atoms with E-state index in [0.717, 1.165) is 10.9 Å². The van der Waals surface area contributed by atoms with E-state index in [9.17, 15) is 4.79 Å². The summed E-state index contributed by atoms with van der Waals surface area (Å²) in [7, 11) is 1.90. The molecule has 1 aromatic carbocycles. The van der Waals surface area contributed by atoms with Gasteiger partial charge in [0.25, 0.3) is 11.9 Å². The molecule has 2 aromatic heterocycles. The Balaban J connectivity index is 2.01. The molecule has 3 aromatic rings. The van der Waals surface area contributed by atoms with Gasteiger partial charge in [-0.25, -0.2) is 0 Å². The van der Waals surface area contributed by atoms with Crippen molar-refractivity contribution in [2.75, 3.05) is 5.32 Å². The van der Waals surface area contributed by atoms with Crippen molar-refractivity contribution in [1.29, 1.82) is 0 Å². The fourth-order valence-electron chi connectivity index (χ4n) is 1.91. The second kappa shape index (κ2) is 3.95. The second-order valence-corrected chi connectivity index (χ2v) is 3.86. The molecule has 7 heteroatoms. The first-order chi connectivity index (χ1) is 8.75. The summed E-state index contributed by atoms with van der Waals surface area (Å²) in [6.45, 7) is 0. The van der Waals surface area contributed by atoms with Crippen LogP contribution in [-0.2, 0) is 7.05 Å². The molecule has 0 aliphatic heterocycles. The number of H-pyrrole nitrogens is 1. The van der Waals surface area contributed by atoms with Crippen LogP contribution in [-0.4, -0.2) is 31.1 Å². The number of tetrazole rings is 1. The Morgan fingerprint density at radius 1 is 1.39 bits per heavy atom. The number of anilines is 1. The van der Waals surface area contributed by atoms with Gasteiger partial charge in [0.2, 0.25) is 0 Å². The van der Waals surface area contributed by atoms with E-state index in [4.69, 9.17) is 0 Å². The number of benzene rings is 1. The van der Waals surface area contributed by atoms with Crippen molar-refractivity contribution in [2.24, 2.45) is 7.05 Å². The maximum atomic E-state index is 12.1. The third-order valence-electron chi connectivity index (χ3n) is 2.71. The zero-order chi connectivity index (χ0) is 12.5. The number of aromatic nitrogens is 5. The number of fused-ring (bicyclic) bond motifs is 1. The van der Waals surface area contributed by atoms with Gasteiger partial charge < -0.3 is 4.57 Å². The van der Waals surface area contributed by atoms with Gasteiger partial charge in [-0.3, -0.25) is 10.1 Å². The van der Waals surface area contributed by atoms with E-state index in [-0.39, 0.29) is 11.9 Å². The van der Waals surface area contributed by atoms with Crippen LogP contribution in [0.1, 0.15) is 10.4 Å². The van der Waals surface area contributed by atoms with Crippen LogP contribution in [0.25, 0.3) is 10.9 Å². The quantitative estimate of drug-likeness (QED) is 0.700. The number of nitrogens with zero attached hydrogens (tertiary/aromatic N) is 4. The first kappa shape index (κ1) is 10.5. The molecule has 90 valence electrons. The van der Waals surface area contributed by atoms with Gasteiger partial charge in [0.1, 0.15) is 0 Å². The molecular formula is C11H10N6O. The zero-order valence-corrected chi connectivity index (χ0v) is 9.58. The van der Waals surface area contributed by atoms with Crippen molar-refractivity contribution in [1.82, 2.24) is 25.2 Å². The molecule has 1 amide bonds. The van der Waals surface area contributed by atoms with Gasteiger partial charge in [-0.1, -0.05) is 23.3 Å². The van der Waals surface area contributed by atoms with Gasteiger partial charge in [0, 0.05) is 24.1 Å². The smallest absolute Gasteiger partial charge is 0.270 e. The Bertz CT molecular complexity index is 699. The lowest BCUT2D eigenvalue weighted by molar-refractivity contribution is 0.102. The van der Waals surface area contributed by atoms with Gasteiger partial charge in [0.15, 0.2) is 0 Å². The number of para-hydroxylation sites is 1. The minimum Gasteiger partial charge on any atom is -0.350 e. The summed E-state index contributed by atoms with van der Waals surface area (Å²) in [4.78, 5) is 12.1. The van der Waals surface area contributed by atoms with Crippen molar-refractivity contribution in [3.05, 3.63) is 36.0 Å². The van der Waals surface area contributed by atoms with E-state index in [0.29, 0.717) is 5.56 Å². The van der Waals surface area contributed by atoms with Crippen molar-refractivity contribution in [3.63, 3.8) is 0 Å². The SMILES string of the molecule is Cn1cc(C(=O)Nc2nn[nH]n2)c2ccccc21. The van der Waals surface area contributed by atoms with Gasteiger partial charge in [-0.05, 0) is 11.3 Å². The molecule has 0 radical (unpaired) electrons. The Morgan fingerprint density at radius 2 is 2.22 bits per heavy atom. The summed E-state index contributed by atoms with van der Waals surface area (Å²) in [6, 6.07) is 7.69. The Kier molecular flexibility index (Phi) is 2.30. The third kappa shape index (κ3) is 1.61. The lowest BCUT2D eigenvalue weighted by Gasteiger charge is -1.98. The lowest BCUT2D eigenvalue weighted by Crippen LogP contribution is -2.12. The summed E-state index contributed by atoms with van der Waals surface area (Å²) in [5.74, 6) is -0.0962. The number of hydrogen-bond donors (Lipinski definition) is 2. The molecule has 0 aliphatic carbocycles. The average molecular weight is 242 g/mol. The zero-order valence-electron chi connectivity index (χ0n) is 9.58. The largest absolute Gasteiger partial charge is 0.350 e. The van der Waals surface area contributed by atoms with E-state index in [1.807, 2.05) is 35.9 Å². The van der Waals surface area contributed by atoms with E-state index >= 15 is 0 Å². The molecule has 18 heavy (non-hydrogen) atoms. The standard InChI is InChI=1S/C11H10N6O/c1-17-6-8(7-4-2-3-5-9(7)17)10(18)12-11-13-15-16-14-11/h2-6H,1H3,(H2,12,13,14,15,16,18). The molecule has 0 saturated carbocycles. The minimum atomic E-state index is -0.256. The molecule has 0 fully saturated rings. The van der Waals surface area contributed by atoms with Crippen molar-refractivity contribution in [3.8, 4) is 0 Å². The highest BCUT2D eigenvalue weighted by atomic mass is 16.1. The van der Waals surface area contributed by atoms with Crippen LogP contribution in [0.3, 0.4) is 0 Å². The number of rotatable bonds is 2. The summed E-state index contributed by atoms with van der Waals surface area (Å²) >= 11 is 0. The third-order valence-corrected chi connectivity index (χ3v) is 2.71. The highest BCUT2D eigenvalue weighted by Gasteiger charge is 2.14. The Hall–Kier alpha value is -2.70. The molecule has 0 saturated heterocycles. The molecule has 2 heterocycles. The van der Waals surface area contributed by atoms with E-state index in [2.05, 4.69) is 25.9 Å². The van der Waals surface area contributed by atoms with Crippen LogP contribution in [0.4, 0.5) is 5.95 Å². The fraction of sp³-hybridized carbons (Fsp3) is 0.0909. The van der Waals surface area contributed by atoms with E-state index in [1.54, 1.807) is 6.20 Å². The number of amides is 1. The summed E-state index contributed by atoms with van der Waals surface area (Å²) < 4.78 is 1.90. The average Bonchev–Trinajstić information content (AvgIpc) is 2.98. The number of carbonyl (C=O) groups is 1. The number of aryl methyl sites for hydroxylation is 1. The number of nitrogens with one attached hydrogen (secondary N) is 2. The molecule has 7 nitrogen and oxygen atoms in total. The topological polar surface area (TPSA) is 88.5 Å². The van der Waals surface area contributed by atoms with E-state index in [1.165, 1.54) is 0 Å². The number of hydrogen-bond acceptors (Lipinski definition) is 4. The monoisotopic (exact) mass is 242 g/mol. The highest BCUT2D eigenvalue weighted by molar-refractivity contribution is 6.12. The van der Waals surface area contributed by atoms with Crippen molar-refractivity contribution >= 4 is 22.8 Å². The molecule has 0 atom stereocenters. The summed E-state index contributed by atoms with van der Waals surface area (Å²) in [5, 5.41) is 16.5. The predicted octanol–water partition coefficient (Wildman–Crippen LogP) is 0.944. The number of carbonyl (C=O) groups excluding carboxylic acids is 1. The molecule has 0 aliphatic rings. The Morgan fingerprint density at radius 3 is 3.00 bits per heavy atom. The Labute approximate surface area is 102 Å². The predicted molar refractivity (Wildman–Crippen MR) is 65.0 cm³/mol. The summed E-state index contributed by atoms with van der Waals surface area (Å²) in [6.07, 6.45) is 1.78. The lowest BCUT2D eigenvalue weighted by atomic mass is 10.1. The van der Waals surface area contributed by atoms with Crippen molar-refractivity contribution in [2.45, 2.75) is 0 Å². The molecular weight excluding hydrogens is 232 g/mol. The molecule has 0 spiro atoms. The molecule has 2 N–H and O–H groups in total. The van der Waals surface area contributed by atoms with E-state index < -0.39 is 0 Å². The van der Waals surface area contributed by atoms with Crippen molar-refractivity contribution < 1.29 is 4.79 Å². The van der Waals surface area contributed by atoms with Crippen LogP contribution in [0.2, 0.25) is 0 Å².